The van der Waals surface area contributed by atoms with Crippen molar-refractivity contribution in [1.29, 1.82) is 0 Å². The van der Waals surface area contributed by atoms with E-state index in [9.17, 15) is 4.79 Å². The maximum atomic E-state index is 10.9. The van der Waals surface area contributed by atoms with Gasteiger partial charge in [-0.25, -0.2) is 0 Å². The maximum absolute atomic E-state index is 10.9. The van der Waals surface area contributed by atoms with E-state index in [0.29, 0.717) is 5.92 Å². The first-order valence-corrected chi connectivity index (χ1v) is 6.11. The molecule has 0 radical (unpaired) electrons. The van der Waals surface area contributed by atoms with Crippen molar-refractivity contribution in [1.82, 2.24) is 4.57 Å². The third-order valence-corrected chi connectivity index (χ3v) is 3.59. The second-order valence-electron chi connectivity index (χ2n) is 4.69. The molecule has 0 aromatic carbocycles. The molecule has 1 unspecified atom stereocenters. The van der Waals surface area contributed by atoms with Crippen LogP contribution >= 0.6 is 0 Å². The van der Waals surface area contributed by atoms with Crippen LogP contribution in [-0.2, 0) is 4.79 Å². The molecule has 1 saturated carbocycles. The van der Waals surface area contributed by atoms with E-state index in [0.717, 1.165) is 0 Å². The average Bonchev–Trinajstić information content (AvgIpc) is 2.80. The number of carboxylic acid groups (broad SMARTS) is 1. The minimum Gasteiger partial charge on any atom is -0.481 e. The van der Waals surface area contributed by atoms with Gasteiger partial charge in [0.1, 0.15) is 0 Å². The predicted molar refractivity (Wildman–Crippen MR) is 62.3 cm³/mol. The Bertz CT molecular complexity index is 326. The highest BCUT2D eigenvalue weighted by molar-refractivity contribution is 5.67. The largest absolute Gasteiger partial charge is 0.481 e. The Labute approximate surface area is 96.1 Å². The molecule has 1 atom stereocenters. The first-order valence-electron chi connectivity index (χ1n) is 6.11. The molecule has 0 aliphatic heterocycles. The fraction of sp³-hybridized carbons (Fsp3) is 0.615. The molecule has 1 aromatic heterocycles. The Hall–Kier alpha value is -1.25. The zero-order chi connectivity index (χ0) is 11.4. The van der Waals surface area contributed by atoms with Gasteiger partial charge in [0, 0.05) is 18.4 Å². The molecule has 2 rings (SSSR count). The van der Waals surface area contributed by atoms with Crippen LogP contribution in [0.3, 0.4) is 0 Å². The van der Waals surface area contributed by atoms with Crippen LogP contribution in [0.5, 0.6) is 0 Å². The van der Waals surface area contributed by atoms with Crippen LogP contribution in [0.15, 0.2) is 24.5 Å². The molecule has 0 bridgehead atoms. The van der Waals surface area contributed by atoms with Gasteiger partial charge in [-0.05, 0) is 30.9 Å². The number of rotatable bonds is 4. The van der Waals surface area contributed by atoms with E-state index >= 15 is 0 Å². The zero-order valence-corrected chi connectivity index (χ0v) is 9.51. The van der Waals surface area contributed by atoms with Crippen molar-refractivity contribution in [2.24, 2.45) is 5.92 Å². The molecule has 88 valence electrons. The molecule has 1 N–H and O–H groups in total. The van der Waals surface area contributed by atoms with Crippen molar-refractivity contribution >= 4 is 5.97 Å². The zero-order valence-electron chi connectivity index (χ0n) is 9.51. The molecule has 1 aliphatic carbocycles. The number of carboxylic acids is 1. The van der Waals surface area contributed by atoms with Crippen molar-refractivity contribution in [3.05, 3.63) is 24.5 Å². The summed E-state index contributed by atoms with van der Waals surface area (Å²) in [6, 6.07) is 4.09. The minimum absolute atomic E-state index is 0.146. The van der Waals surface area contributed by atoms with Crippen molar-refractivity contribution in [3.8, 4) is 0 Å². The van der Waals surface area contributed by atoms with Crippen LogP contribution in [0.25, 0.3) is 0 Å². The Morgan fingerprint density at radius 1 is 1.25 bits per heavy atom. The Balaban J connectivity index is 2.10. The van der Waals surface area contributed by atoms with Crippen LogP contribution in [0, 0.1) is 5.92 Å². The lowest BCUT2D eigenvalue weighted by Crippen LogP contribution is -2.23. The first-order chi connectivity index (χ1) is 7.77. The predicted octanol–water partition coefficient (Wildman–Crippen LogP) is 3.08. The standard InChI is InChI=1S/C13H19NO2/c15-13(16)10-12(14-8-4-5-9-14)11-6-2-1-3-7-11/h4-5,8-9,11-12H,1-3,6-7,10H2,(H,15,16). The number of hydrogen-bond donors (Lipinski definition) is 1. The second-order valence-corrected chi connectivity index (χ2v) is 4.69. The quantitative estimate of drug-likeness (QED) is 0.849. The van der Waals surface area contributed by atoms with Crippen molar-refractivity contribution in [3.63, 3.8) is 0 Å². The number of nitrogens with zero attached hydrogens (tertiary/aromatic N) is 1. The smallest absolute Gasteiger partial charge is 0.305 e. The summed E-state index contributed by atoms with van der Waals surface area (Å²) in [4.78, 5) is 10.9. The third kappa shape index (κ3) is 2.65. The summed E-state index contributed by atoms with van der Waals surface area (Å²) in [6.07, 6.45) is 10.4. The third-order valence-electron chi connectivity index (χ3n) is 3.59. The van der Waals surface area contributed by atoms with Gasteiger partial charge in [0.25, 0.3) is 0 Å². The summed E-state index contributed by atoms with van der Waals surface area (Å²) in [5.41, 5.74) is 0. The first kappa shape index (κ1) is 11.2. The van der Waals surface area contributed by atoms with Gasteiger partial charge in [0.15, 0.2) is 0 Å². The summed E-state index contributed by atoms with van der Waals surface area (Å²) in [7, 11) is 0. The lowest BCUT2D eigenvalue weighted by Gasteiger charge is -2.30. The highest BCUT2D eigenvalue weighted by Crippen LogP contribution is 2.34. The van der Waals surface area contributed by atoms with Crippen molar-refractivity contribution in [2.75, 3.05) is 0 Å². The SMILES string of the molecule is O=C(O)CC(C1CCCCC1)n1cccc1. The van der Waals surface area contributed by atoms with Gasteiger partial charge in [-0.1, -0.05) is 19.3 Å². The summed E-state index contributed by atoms with van der Waals surface area (Å²) < 4.78 is 2.07. The summed E-state index contributed by atoms with van der Waals surface area (Å²) >= 11 is 0. The molecule has 1 heterocycles. The molecule has 0 saturated heterocycles. The van der Waals surface area contributed by atoms with Crippen LogP contribution in [0.4, 0.5) is 0 Å². The van der Waals surface area contributed by atoms with Gasteiger partial charge in [-0.15, -0.1) is 0 Å². The molecule has 0 amide bonds. The second kappa shape index (κ2) is 5.19. The van der Waals surface area contributed by atoms with Crippen LogP contribution in [0.2, 0.25) is 0 Å². The van der Waals surface area contributed by atoms with Gasteiger partial charge >= 0.3 is 5.97 Å². The minimum atomic E-state index is -0.690. The highest BCUT2D eigenvalue weighted by atomic mass is 16.4. The highest BCUT2D eigenvalue weighted by Gasteiger charge is 2.26. The molecular weight excluding hydrogens is 202 g/mol. The summed E-state index contributed by atoms with van der Waals surface area (Å²) in [5.74, 6) is -0.151. The summed E-state index contributed by atoms with van der Waals surface area (Å²) in [5, 5.41) is 9.00. The number of aliphatic carboxylic acids is 1. The lowest BCUT2D eigenvalue weighted by molar-refractivity contribution is -0.138. The van der Waals surface area contributed by atoms with Gasteiger partial charge < -0.3 is 9.67 Å². The molecular formula is C13H19NO2. The van der Waals surface area contributed by atoms with Gasteiger partial charge in [0.2, 0.25) is 0 Å². The molecule has 3 nitrogen and oxygen atoms in total. The molecule has 0 spiro atoms. The van der Waals surface area contributed by atoms with E-state index in [-0.39, 0.29) is 12.5 Å². The Morgan fingerprint density at radius 2 is 1.88 bits per heavy atom. The molecule has 1 aliphatic rings. The number of hydrogen-bond acceptors (Lipinski definition) is 1. The Morgan fingerprint density at radius 3 is 2.44 bits per heavy atom. The van der Waals surface area contributed by atoms with E-state index in [2.05, 4.69) is 4.57 Å². The Kier molecular flexibility index (Phi) is 3.65. The van der Waals surface area contributed by atoms with E-state index in [1.54, 1.807) is 0 Å². The van der Waals surface area contributed by atoms with E-state index in [1.165, 1.54) is 32.1 Å². The van der Waals surface area contributed by atoms with E-state index < -0.39 is 5.97 Å². The number of aromatic nitrogens is 1. The van der Waals surface area contributed by atoms with E-state index in [4.69, 9.17) is 5.11 Å². The van der Waals surface area contributed by atoms with Gasteiger partial charge in [-0.2, -0.15) is 0 Å². The topological polar surface area (TPSA) is 42.2 Å². The monoisotopic (exact) mass is 221 g/mol. The van der Waals surface area contributed by atoms with Crippen molar-refractivity contribution in [2.45, 2.75) is 44.6 Å². The molecule has 1 fully saturated rings. The molecule has 3 heteroatoms. The van der Waals surface area contributed by atoms with Crippen molar-refractivity contribution < 1.29 is 9.90 Å². The van der Waals surface area contributed by atoms with Crippen LogP contribution < -0.4 is 0 Å². The molecule has 16 heavy (non-hydrogen) atoms. The fourth-order valence-electron chi connectivity index (χ4n) is 2.78. The lowest BCUT2D eigenvalue weighted by atomic mass is 9.82. The van der Waals surface area contributed by atoms with E-state index in [1.807, 2.05) is 24.5 Å². The normalized spacial score (nSPS) is 19.5. The fourth-order valence-corrected chi connectivity index (χ4v) is 2.78. The van der Waals surface area contributed by atoms with Gasteiger partial charge in [-0.3, -0.25) is 4.79 Å². The van der Waals surface area contributed by atoms with Crippen LogP contribution in [0.1, 0.15) is 44.6 Å². The number of carbonyl (C=O) groups is 1. The van der Waals surface area contributed by atoms with Crippen LogP contribution in [-0.4, -0.2) is 15.6 Å². The average molecular weight is 221 g/mol. The maximum Gasteiger partial charge on any atom is 0.305 e. The van der Waals surface area contributed by atoms with Gasteiger partial charge in [0.05, 0.1) is 6.42 Å². The summed E-state index contributed by atoms with van der Waals surface area (Å²) in [6.45, 7) is 0. The molecule has 1 aromatic rings.